The summed E-state index contributed by atoms with van der Waals surface area (Å²) < 4.78 is 65.2. The average Bonchev–Trinajstić information content (AvgIpc) is 3.25. The van der Waals surface area contributed by atoms with Gasteiger partial charge in [0.05, 0.1) is 5.69 Å². The molecule has 0 amide bonds. The molecule has 182 valence electrons. The molecule has 1 N–H and O–H groups in total. The summed E-state index contributed by atoms with van der Waals surface area (Å²) in [5.74, 6) is -1.99. The number of benzene rings is 1. The third-order valence-electron chi connectivity index (χ3n) is 5.63. The second kappa shape index (κ2) is 10.3. The summed E-state index contributed by atoms with van der Waals surface area (Å²) in [6, 6.07) is 3.78. The monoisotopic (exact) mass is 504 g/mol. The molecule has 2 heterocycles. The minimum atomic E-state index is -4.87. The van der Waals surface area contributed by atoms with E-state index in [0.717, 1.165) is 54.7 Å². The molecule has 0 saturated heterocycles. The van der Waals surface area contributed by atoms with Gasteiger partial charge in [0, 0.05) is 17.8 Å². The molecule has 1 aliphatic rings. The van der Waals surface area contributed by atoms with Gasteiger partial charge in [-0.15, -0.1) is 20.4 Å². The van der Waals surface area contributed by atoms with Crippen LogP contribution in [0.5, 0.6) is 0 Å². The molecule has 1 unspecified atom stereocenters. The molecular formula is C20H27F3N6O2S2. The highest BCUT2D eigenvalue weighted by Gasteiger charge is 2.36. The molecule has 0 radical (unpaired) electrons. The Labute approximate surface area is 195 Å². The normalized spacial score (nSPS) is 17.1. The Morgan fingerprint density at radius 2 is 1.97 bits per heavy atom. The smallest absolute Gasteiger partial charge is 0.365 e. The van der Waals surface area contributed by atoms with Crippen molar-refractivity contribution in [3.8, 4) is 0 Å². The zero-order valence-corrected chi connectivity index (χ0v) is 20.3. The quantitative estimate of drug-likeness (QED) is 0.424. The van der Waals surface area contributed by atoms with E-state index in [1.54, 1.807) is 12.1 Å². The number of nitrogens with zero attached hydrogens (tertiary/aromatic N) is 5. The lowest BCUT2D eigenvalue weighted by Crippen LogP contribution is -2.45. The van der Waals surface area contributed by atoms with Crippen molar-refractivity contribution >= 4 is 43.6 Å². The summed E-state index contributed by atoms with van der Waals surface area (Å²) in [5.41, 5.74) is 3.33. The zero-order chi connectivity index (χ0) is 24.2. The van der Waals surface area contributed by atoms with Crippen LogP contribution in [-0.4, -0.2) is 42.6 Å². The SMILES string of the molecule is CCC(CC)N1c2cc(NS(=O)(=O)CC(F)(F)F)c(N=Nc3nncs3)cc2CCC1CC. The lowest BCUT2D eigenvalue weighted by atomic mass is 9.90. The fourth-order valence-electron chi connectivity index (χ4n) is 4.19. The minimum Gasteiger partial charge on any atom is -0.365 e. The highest BCUT2D eigenvalue weighted by atomic mass is 32.2. The summed E-state index contributed by atoms with van der Waals surface area (Å²) in [5, 5.41) is 15.7. The van der Waals surface area contributed by atoms with Crippen LogP contribution < -0.4 is 9.62 Å². The minimum absolute atomic E-state index is 0.0426. The van der Waals surface area contributed by atoms with Crippen molar-refractivity contribution in [2.75, 3.05) is 15.4 Å². The van der Waals surface area contributed by atoms with Crippen LogP contribution in [0.25, 0.3) is 0 Å². The van der Waals surface area contributed by atoms with Crippen LogP contribution in [0, 0.1) is 0 Å². The van der Waals surface area contributed by atoms with Gasteiger partial charge in [0.25, 0.3) is 5.13 Å². The maximum absolute atomic E-state index is 12.8. The number of hydrogen-bond acceptors (Lipinski definition) is 8. The van der Waals surface area contributed by atoms with Crippen LogP contribution >= 0.6 is 11.3 Å². The average molecular weight is 505 g/mol. The van der Waals surface area contributed by atoms with Crippen molar-refractivity contribution in [1.82, 2.24) is 10.2 Å². The first-order valence-electron chi connectivity index (χ1n) is 10.8. The van der Waals surface area contributed by atoms with Crippen molar-refractivity contribution in [3.05, 3.63) is 23.2 Å². The van der Waals surface area contributed by atoms with Crippen LogP contribution in [0.1, 0.15) is 52.0 Å². The van der Waals surface area contributed by atoms with Gasteiger partial charge in [0.1, 0.15) is 11.2 Å². The first-order chi connectivity index (χ1) is 15.6. The van der Waals surface area contributed by atoms with Crippen LogP contribution in [-0.2, 0) is 16.4 Å². The highest BCUT2D eigenvalue weighted by Crippen LogP contribution is 2.42. The Balaban J connectivity index is 2.10. The molecule has 3 rings (SSSR count). The number of fused-ring (bicyclic) bond motifs is 1. The molecule has 2 aromatic rings. The number of aromatic nitrogens is 2. The molecule has 8 nitrogen and oxygen atoms in total. The van der Waals surface area contributed by atoms with E-state index in [0.29, 0.717) is 0 Å². The maximum atomic E-state index is 12.8. The third kappa shape index (κ3) is 6.40. The molecule has 0 saturated carbocycles. The van der Waals surface area contributed by atoms with Crippen molar-refractivity contribution in [3.63, 3.8) is 0 Å². The van der Waals surface area contributed by atoms with E-state index in [1.807, 2.05) is 0 Å². The van der Waals surface area contributed by atoms with Crippen molar-refractivity contribution < 1.29 is 21.6 Å². The Hall–Kier alpha value is -2.28. The Morgan fingerprint density at radius 3 is 2.55 bits per heavy atom. The molecular weight excluding hydrogens is 477 g/mol. The summed E-state index contributed by atoms with van der Waals surface area (Å²) in [7, 11) is -4.70. The zero-order valence-electron chi connectivity index (χ0n) is 18.6. The first kappa shape index (κ1) is 25.3. The van der Waals surface area contributed by atoms with E-state index in [4.69, 9.17) is 0 Å². The van der Waals surface area contributed by atoms with Gasteiger partial charge in [-0.05, 0) is 49.8 Å². The van der Waals surface area contributed by atoms with Crippen LogP contribution in [0.3, 0.4) is 0 Å². The van der Waals surface area contributed by atoms with E-state index in [1.165, 1.54) is 5.51 Å². The third-order valence-corrected chi connectivity index (χ3v) is 7.45. The van der Waals surface area contributed by atoms with E-state index < -0.39 is 22.0 Å². The van der Waals surface area contributed by atoms with Gasteiger partial charge in [-0.25, -0.2) is 8.42 Å². The molecule has 13 heteroatoms. The van der Waals surface area contributed by atoms with E-state index in [9.17, 15) is 21.6 Å². The van der Waals surface area contributed by atoms with Gasteiger partial charge in [0.15, 0.2) is 5.75 Å². The highest BCUT2D eigenvalue weighted by molar-refractivity contribution is 7.92. The number of alkyl halides is 3. The van der Waals surface area contributed by atoms with Gasteiger partial charge in [-0.3, -0.25) is 4.72 Å². The van der Waals surface area contributed by atoms with E-state index >= 15 is 0 Å². The first-order valence-corrected chi connectivity index (χ1v) is 13.3. The summed E-state index contributed by atoms with van der Waals surface area (Å²) in [6.45, 7) is 6.28. The molecule has 33 heavy (non-hydrogen) atoms. The van der Waals surface area contributed by atoms with Crippen molar-refractivity contribution in [2.24, 2.45) is 10.2 Å². The fraction of sp³-hybridized carbons (Fsp3) is 0.600. The maximum Gasteiger partial charge on any atom is 0.404 e. The number of sulfonamides is 1. The number of rotatable bonds is 9. The van der Waals surface area contributed by atoms with Crippen LogP contribution in [0.2, 0.25) is 0 Å². The summed E-state index contributed by atoms with van der Waals surface area (Å²) in [6.07, 6.45) is -0.513. The lowest BCUT2D eigenvalue weighted by Gasteiger charge is -2.44. The molecule has 1 aromatic carbocycles. The molecule has 0 fully saturated rings. The standard InChI is InChI=1S/C20H27F3N6O2S2/c1-4-14(5-2)29-15(6-3)8-7-13-9-16(25-27-19-26-24-12-32-19)17(10-18(13)29)28-33(30,31)11-20(21,22)23/h9-10,12,14-15,28H,4-8,11H2,1-3H3. The fourth-order valence-corrected chi connectivity index (χ4v) is 5.56. The van der Waals surface area contributed by atoms with Gasteiger partial charge in [-0.2, -0.15) is 13.2 Å². The van der Waals surface area contributed by atoms with Crippen LogP contribution in [0.15, 0.2) is 27.9 Å². The predicted molar refractivity (Wildman–Crippen MR) is 123 cm³/mol. The topological polar surface area (TPSA) is 99.9 Å². The van der Waals surface area contributed by atoms with Crippen LogP contribution in [0.4, 0.5) is 35.4 Å². The number of anilines is 2. The van der Waals surface area contributed by atoms with Crippen molar-refractivity contribution in [2.45, 2.75) is 71.1 Å². The van der Waals surface area contributed by atoms with Crippen molar-refractivity contribution in [1.29, 1.82) is 0 Å². The molecule has 0 aliphatic carbocycles. The Morgan fingerprint density at radius 1 is 1.24 bits per heavy atom. The lowest BCUT2D eigenvalue weighted by molar-refractivity contribution is -0.106. The molecule has 0 bridgehead atoms. The second-order valence-corrected chi connectivity index (χ2v) is 10.4. The molecule has 1 aromatic heterocycles. The van der Waals surface area contributed by atoms with E-state index in [-0.39, 0.29) is 28.6 Å². The molecule has 1 atom stereocenters. The summed E-state index contributed by atoms with van der Waals surface area (Å²) >= 11 is 1.13. The van der Waals surface area contributed by atoms with Gasteiger partial charge >= 0.3 is 6.18 Å². The Kier molecular flexibility index (Phi) is 7.93. The van der Waals surface area contributed by atoms with Gasteiger partial charge in [-0.1, -0.05) is 32.1 Å². The van der Waals surface area contributed by atoms with E-state index in [2.05, 4.69) is 50.8 Å². The van der Waals surface area contributed by atoms with Gasteiger partial charge in [0.2, 0.25) is 10.0 Å². The number of nitrogens with one attached hydrogen (secondary N) is 1. The number of hydrogen-bond donors (Lipinski definition) is 1. The second-order valence-electron chi connectivity index (χ2n) is 7.87. The molecule has 1 aliphatic heterocycles. The molecule has 0 spiro atoms. The largest absolute Gasteiger partial charge is 0.404 e. The Bertz CT molecular complexity index is 1070. The van der Waals surface area contributed by atoms with Gasteiger partial charge < -0.3 is 4.90 Å². The predicted octanol–water partition coefficient (Wildman–Crippen LogP) is 5.98. The number of halogens is 3. The summed E-state index contributed by atoms with van der Waals surface area (Å²) in [4.78, 5) is 2.28. The number of aryl methyl sites for hydroxylation is 1. The number of azo groups is 1.